The molecule has 2 heterocycles. The SMILES string of the molecule is CN(C)c1ccc(-c2nc(-c3cn(Cc4cccc(F)c4)nn3)no2)cc1. The third-order valence-electron chi connectivity index (χ3n) is 4.06. The highest BCUT2D eigenvalue weighted by atomic mass is 19.1. The Hall–Kier alpha value is -3.55. The number of anilines is 1. The molecule has 0 fully saturated rings. The molecule has 0 N–H and O–H groups in total. The van der Waals surface area contributed by atoms with Gasteiger partial charge in [0.15, 0.2) is 5.69 Å². The summed E-state index contributed by atoms with van der Waals surface area (Å²) in [6.07, 6.45) is 1.70. The van der Waals surface area contributed by atoms with Gasteiger partial charge in [-0.2, -0.15) is 4.98 Å². The smallest absolute Gasteiger partial charge is 0.258 e. The number of aromatic nitrogens is 5. The second-order valence-corrected chi connectivity index (χ2v) is 6.30. The first kappa shape index (κ1) is 16.9. The van der Waals surface area contributed by atoms with Crippen molar-refractivity contribution in [3.05, 3.63) is 66.1 Å². The molecule has 2 aromatic heterocycles. The zero-order chi connectivity index (χ0) is 18.8. The van der Waals surface area contributed by atoms with E-state index in [1.165, 1.54) is 12.1 Å². The highest BCUT2D eigenvalue weighted by Gasteiger charge is 2.14. The molecule has 0 aliphatic heterocycles. The summed E-state index contributed by atoms with van der Waals surface area (Å²) < 4.78 is 20.2. The number of nitrogens with zero attached hydrogens (tertiary/aromatic N) is 6. The fourth-order valence-corrected chi connectivity index (χ4v) is 2.65. The Labute approximate surface area is 155 Å². The molecule has 4 rings (SSSR count). The minimum Gasteiger partial charge on any atom is -0.378 e. The van der Waals surface area contributed by atoms with Crippen LogP contribution in [-0.4, -0.2) is 39.2 Å². The Morgan fingerprint density at radius 2 is 1.93 bits per heavy atom. The van der Waals surface area contributed by atoms with Crippen LogP contribution in [0.2, 0.25) is 0 Å². The van der Waals surface area contributed by atoms with Crippen LogP contribution in [0.25, 0.3) is 23.0 Å². The highest BCUT2D eigenvalue weighted by Crippen LogP contribution is 2.23. The van der Waals surface area contributed by atoms with Gasteiger partial charge in [0.25, 0.3) is 5.89 Å². The summed E-state index contributed by atoms with van der Waals surface area (Å²) in [6, 6.07) is 14.2. The molecule has 0 aliphatic carbocycles. The van der Waals surface area contributed by atoms with Gasteiger partial charge in [0.1, 0.15) is 5.82 Å². The maximum atomic E-state index is 13.3. The number of hydrogen-bond donors (Lipinski definition) is 0. The van der Waals surface area contributed by atoms with Gasteiger partial charge in [0.05, 0.1) is 12.7 Å². The van der Waals surface area contributed by atoms with E-state index in [1.54, 1.807) is 16.9 Å². The largest absolute Gasteiger partial charge is 0.378 e. The van der Waals surface area contributed by atoms with E-state index in [0.717, 1.165) is 16.8 Å². The summed E-state index contributed by atoms with van der Waals surface area (Å²) >= 11 is 0. The molecule has 8 heteroatoms. The Kier molecular flexibility index (Phi) is 4.37. The van der Waals surface area contributed by atoms with Crippen LogP contribution in [0.15, 0.2) is 59.3 Å². The summed E-state index contributed by atoms with van der Waals surface area (Å²) in [6.45, 7) is 0.404. The van der Waals surface area contributed by atoms with Gasteiger partial charge in [-0.1, -0.05) is 22.5 Å². The molecular formula is C19H17FN6O. The van der Waals surface area contributed by atoms with Crippen molar-refractivity contribution in [1.82, 2.24) is 25.1 Å². The van der Waals surface area contributed by atoms with Gasteiger partial charge in [-0.3, -0.25) is 0 Å². The van der Waals surface area contributed by atoms with Crippen LogP contribution in [0.4, 0.5) is 10.1 Å². The van der Waals surface area contributed by atoms with Gasteiger partial charge < -0.3 is 9.42 Å². The van der Waals surface area contributed by atoms with Gasteiger partial charge in [-0.25, -0.2) is 9.07 Å². The second-order valence-electron chi connectivity index (χ2n) is 6.30. The van der Waals surface area contributed by atoms with Gasteiger partial charge >= 0.3 is 0 Å². The quantitative estimate of drug-likeness (QED) is 0.541. The Balaban J connectivity index is 1.52. The molecule has 7 nitrogen and oxygen atoms in total. The molecule has 0 aliphatic rings. The molecule has 2 aromatic carbocycles. The van der Waals surface area contributed by atoms with Crippen molar-refractivity contribution >= 4 is 5.69 Å². The normalized spacial score (nSPS) is 10.9. The van der Waals surface area contributed by atoms with Crippen molar-refractivity contribution in [2.75, 3.05) is 19.0 Å². The van der Waals surface area contributed by atoms with Crippen LogP contribution in [0.5, 0.6) is 0 Å². The van der Waals surface area contributed by atoms with Crippen molar-refractivity contribution in [1.29, 1.82) is 0 Å². The minimum absolute atomic E-state index is 0.282. The predicted octanol–water partition coefficient (Wildman–Crippen LogP) is 3.25. The number of hydrogen-bond acceptors (Lipinski definition) is 6. The van der Waals surface area contributed by atoms with Crippen molar-refractivity contribution in [2.45, 2.75) is 6.54 Å². The summed E-state index contributed by atoms with van der Waals surface area (Å²) in [5.41, 5.74) is 3.19. The summed E-state index contributed by atoms with van der Waals surface area (Å²) in [5, 5.41) is 12.1. The van der Waals surface area contributed by atoms with Crippen LogP contribution in [0.1, 0.15) is 5.56 Å². The number of halogens is 1. The Morgan fingerprint density at radius 3 is 2.67 bits per heavy atom. The van der Waals surface area contributed by atoms with E-state index < -0.39 is 0 Å². The number of rotatable bonds is 5. The fourth-order valence-electron chi connectivity index (χ4n) is 2.65. The third-order valence-corrected chi connectivity index (χ3v) is 4.06. The lowest BCUT2D eigenvalue weighted by atomic mass is 10.2. The van der Waals surface area contributed by atoms with Gasteiger partial charge in [0.2, 0.25) is 5.82 Å². The molecule has 0 radical (unpaired) electrons. The van der Waals surface area contributed by atoms with Gasteiger partial charge in [-0.05, 0) is 42.0 Å². The molecular weight excluding hydrogens is 347 g/mol. The Bertz CT molecular complexity index is 1050. The molecule has 27 heavy (non-hydrogen) atoms. The molecule has 0 unspecified atom stereocenters. The van der Waals surface area contributed by atoms with Gasteiger partial charge in [0, 0.05) is 25.3 Å². The average Bonchev–Trinajstić information content (AvgIpc) is 3.31. The van der Waals surface area contributed by atoms with Crippen molar-refractivity contribution < 1.29 is 8.91 Å². The maximum Gasteiger partial charge on any atom is 0.258 e. The second kappa shape index (κ2) is 6.99. The van der Waals surface area contributed by atoms with E-state index in [-0.39, 0.29) is 5.82 Å². The molecule has 4 aromatic rings. The van der Waals surface area contributed by atoms with Crippen molar-refractivity contribution in [3.63, 3.8) is 0 Å². The summed E-state index contributed by atoms with van der Waals surface area (Å²) in [5.74, 6) is 0.484. The van der Waals surface area contributed by atoms with E-state index in [4.69, 9.17) is 4.52 Å². The van der Waals surface area contributed by atoms with E-state index >= 15 is 0 Å². The van der Waals surface area contributed by atoms with Crippen LogP contribution < -0.4 is 4.90 Å². The lowest BCUT2D eigenvalue weighted by Crippen LogP contribution is -2.07. The van der Waals surface area contributed by atoms with Crippen molar-refractivity contribution in [2.24, 2.45) is 0 Å². The van der Waals surface area contributed by atoms with E-state index in [2.05, 4.69) is 20.5 Å². The number of benzene rings is 2. The van der Waals surface area contributed by atoms with E-state index in [0.29, 0.717) is 24.0 Å². The molecule has 0 saturated carbocycles. The first-order chi connectivity index (χ1) is 13.1. The Morgan fingerprint density at radius 1 is 1.11 bits per heavy atom. The van der Waals surface area contributed by atoms with Gasteiger partial charge in [-0.15, -0.1) is 5.10 Å². The third kappa shape index (κ3) is 3.69. The van der Waals surface area contributed by atoms with E-state index in [1.807, 2.05) is 49.3 Å². The molecule has 0 atom stereocenters. The molecule has 0 bridgehead atoms. The molecule has 0 amide bonds. The first-order valence-corrected chi connectivity index (χ1v) is 8.35. The molecule has 0 spiro atoms. The van der Waals surface area contributed by atoms with Crippen LogP contribution in [-0.2, 0) is 6.54 Å². The van der Waals surface area contributed by atoms with Crippen molar-refractivity contribution in [3.8, 4) is 23.0 Å². The minimum atomic E-state index is -0.282. The zero-order valence-corrected chi connectivity index (χ0v) is 14.9. The fraction of sp³-hybridized carbons (Fsp3) is 0.158. The lowest BCUT2D eigenvalue weighted by Gasteiger charge is -2.11. The standard InChI is InChI=1S/C19H17FN6O/c1-25(2)16-8-6-14(7-9-16)19-21-18(23-27-19)17-12-26(24-22-17)11-13-4-3-5-15(20)10-13/h3-10,12H,11H2,1-2H3. The lowest BCUT2D eigenvalue weighted by molar-refractivity contribution is 0.432. The summed E-state index contributed by atoms with van der Waals surface area (Å²) in [4.78, 5) is 6.41. The summed E-state index contributed by atoms with van der Waals surface area (Å²) in [7, 11) is 3.96. The van der Waals surface area contributed by atoms with Crippen LogP contribution in [0, 0.1) is 5.82 Å². The molecule has 136 valence electrons. The monoisotopic (exact) mass is 364 g/mol. The first-order valence-electron chi connectivity index (χ1n) is 8.35. The van der Waals surface area contributed by atoms with Crippen LogP contribution in [0.3, 0.4) is 0 Å². The van der Waals surface area contributed by atoms with E-state index in [9.17, 15) is 4.39 Å². The predicted molar refractivity (Wildman–Crippen MR) is 98.6 cm³/mol. The topological polar surface area (TPSA) is 72.9 Å². The zero-order valence-electron chi connectivity index (χ0n) is 14.9. The van der Waals surface area contributed by atoms with Crippen LogP contribution >= 0.6 is 0 Å². The average molecular weight is 364 g/mol. The maximum absolute atomic E-state index is 13.3. The highest BCUT2D eigenvalue weighted by molar-refractivity contribution is 5.60. The molecule has 0 saturated heterocycles.